The molecule has 0 bridgehead atoms. The molecule has 0 saturated carbocycles. The summed E-state index contributed by atoms with van der Waals surface area (Å²) in [5.74, 6) is -1.24. The summed E-state index contributed by atoms with van der Waals surface area (Å²) in [6, 6.07) is 2.90. The van der Waals surface area contributed by atoms with E-state index in [2.05, 4.69) is 0 Å². The lowest BCUT2D eigenvalue weighted by molar-refractivity contribution is 0.0663. The maximum absolute atomic E-state index is 10.8. The molecular formula is C10H6O5. The molecule has 0 aliphatic heterocycles. The first-order valence-corrected chi connectivity index (χ1v) is 4.08. The van der Waals surface area contributed by atoms with Crippen molar-refractivity contribution in [2.45, 2.75) is 0 Å². The average molecular weight is 206 g/mol. The van der Waals surface area contributed by atoms with E-state index in [-0.39, 0.29) is 17.1 Å². The van der Waals surface area contributed by atoms with E-state index in [9.17, 15) is 9.59 Å². The Labute approximate surface area is 83.9 Å². The van der Waals surface area contributed by atoms with Gasteiger partial charge in [0.25, 0.3) is 0 Å². The zero-order valence-corrected chi connectivity index (χ0v) is 7.47. The molecule has 2 rings (SSSR count). The summed E-state index contributed by atoms with van der Waals surface area (Å²) in [6.45, 7) is 0. The number of hydrogen-bond acceptors (Lipinski definition) is 4. The molecule has 1 N–H and O–H groups in total. The van der Waals surface area contributed by atoms with Gasteiger partial charge in [-0.1, -0.05) is 0 Å². The number of carbonyl (C=O) groups is 2. The fourth-order valence-corrected chi connectivity index (χ4v) is 1.28. The lowest BCUT2D eigenvalue weighted by atomic mass is 10.1. The Morgan fingerprint density at radius 3 is 2.67 bits per heavy atom. The van der Waals surface area contributed by atoms with Gasteiger partial charge in [0.2, 0.25) is 5.76 Å². The molecule has 0 aliphatic rings. The molecule has 0 atom stereocenters. The van der Waals surface area contributed by atoms with E-state index >= 15 is 0 Å². The molecule has 2 aromatic heterocycles. The van der Waals surface area contributed by atoms with E-state index < -0.39 is 5.97 Å². The van der Waals surface area contributed by atoms with Crippen LogP contribution in [-0.4, -0.2) is 17.4 Å². The lowest BCUT2D eigenvalue weighted by Crippen LogP contribution is -1.96. The summed E-state index contributed by atoms with van der Waals surface area (Å²) < 4.78 is 9.81. The van der Waals surface area contributed by atoms with Crippen LogP contribution in [0.15, 0.2) is 33.5 Å². The summed E-state index contributed by atoms with van der Waals surface area (Å²) in [5.41, 5.74) is 0.550. The largest absolute Gasteiger partial charge is 0.475 e. The van der Waals surface area contributed by atoms with E-state index in [4.69, 9.17) is 13.9 Å². The van der Waals surface area contributed by atoms with Crippen LogP contribution in [0.25, 0.3) is 11.3 Å². The zero-order valence-electron chi connectivity index (χ0n) is 7.47. The highest BCUT2D eigenvalue weighted by atomic mass is 16.4. The maximum Gasteiger partial charge on any atom is 0.372 e. The van der Waals surface area contributed by atoms with Crippen LogP contribution >= 0.6 is 0 Å². The van der Waals surface area contributed by atoms with Crippen molar-refractivity contribution in [3.63, 3.8) is 0 Å². The molecule has 0 amide bonds. The van der Waals surface area contributed by atoms with E-state index in [1.807, 2.05) is 0 Å². The smallest absolute Gasteiger partial charge is 0.372 e. The van der Waals surface area contributed by atoms with Gasteiger partial charge in [-0.25, -0.2) is 4.79 Å². The van der Waals surface area contributed by atoms with Crippen molar-refractivity contribution in [2.75, 3.05) is 0 Å². The lowest BCUT2D eigenvalue weighted by Gasteiger charge is -1.95. The minimum atomic E-state index is -1.21. The van der Waals surface area contributed by atoms with Gasteiger partial charge in [0.05, 0.1) is 23.7 Å². The Balaban J connectivity index is 2.58. The summed E-state index contributed by atoms with van der Waals surface area (Å²) in [7, 11) is 0. The minimum absolute atomic E-state index is 0.205. The summed E-state index contributed by atoms with van der Waals surface area (Å²) >= 11 is 0. The highest BCUT2D eigenvalue weighted by molar-refractivity contribution is 5.95. The molecular weight excluding hydrogens is 200 g/mol. The number of aromatic carboxylic acids is 1. The molecule has 2 aromatic rings. The average Bonchev–Trinajstić information content (AvgIpc) is 2.85. The SMILES string of the molecule is O=Cc1ccoc1-c1ccoc1C(=O)O. The molecule has 5 nitrogen and oxygen atoms in total. The van der Waals surface area contributed by atoms with E-state index in [1.54, 1.807) is 0 Å². The predicted molar refractivity (Wildman–Crippen MR) is 48.8 cm³/mol. The van der Waals surface area contributed by atoms with Gasteiger partial charge in [0.15, 0.2) is 6.29 Å². The third-order valence-electron chi connectivity index (χ3n) is 1.93. The fraction of sp³-hybridized carbons (Fsp3) is 0. The van der Waals surface area contributed by atoms with Gasteiger partial charge in [-0.05, 0) is 12.1 Å². The molecule has 76 valence electrons. The second-order valence-electron chi connectivity index (χ2n) is 2.79. The summed E-state index contributed by atoms with van der Waals surface area (Å²) in [4.78, 5) is 21.4. The number of furan rings is 2. The van der Waals surface area contributed by atoms with Gasteiger partial charge in [-0.15, -0.1) is 0 Å². The van der Waals surface area contributed by atoms with Crippen molar-refractivity contribution in [3.8, 4) is 11.3 Å². The number of rotatable bonds is 3. The third kappa shape index (κ3) is 1.43. The van der Waals surface area contributed by atoms with Gasteiger partial charge < -0.3 is 13.9 Å². The van der Waals surface area contributed by atoms with Crippen molar-refractivity contribution in [2.24, 2.45) is 0 Å². The Morgan fingerprint density at radius 1 is 1.27 bits per heavy atom. The van der Waals surface area contributed by atoms with Crippen LogP contribution in [-0.2, 0) is 0 Å². The van der Waals surface area contributed by atoms with Crippen molar-refractivity contribution < 1.29 is 23.5 Å². The standard InChI is InChI=1S/C10H6O5/c11-5-6-1-3-14-8(6)7-2-4-15-9(7)10(12)13/h1-5H,(H,12,13). The molecule has 0 radical (unpaired) electrons. The molecule has 15 heavy (non-hydrogen) atoms. The molecule has 5 heteroatoms. The Hall–Kier alpha value is -2.30. The highest BCUT2D eigenvalue weighted by Crippen LogP contribution is 2.28. The van der Waals surface area contributed by atoms with Gasteiger partial charge in [0.1, 0.15) is 5.76 Å². The van der Waals surface area contributed by atoms with Crippen molar-refractivity contribution in [1.29, 1.82) is 0 Å². The Bertz CT molecular complexity index is 505. The highest BCUT2D eigenvalue weighted by Gasteiger charge is 2.20. The first-order valence-electron chi connectivity index (χ1n) is 4.08. The monoisotopic (exact) mass is 206 g/mol. The number of aldehydes is 1. The molecule has 0 unspecified atom stereocenters. The predicted octanol–water partition coefficient (Wildman–Crippen LogP) is 2.05. The Morgan fingerprint density at radius 2 is 2.00 bits per heavy atom. The van der Waals surface area contributed by atoms with Crippen LogP contribution in [0.3, 0.4) is 0 Å². The van der Waals surface area contributed by atoms with Gasteiger partial charge >= 0.3 is 5.97 Å². The second kappa shape index (κ2) is 3.45. The van der Waals surface area contributed by atoms with Crippen molar-refractivity contribution >= 4 is 12.3 Å². The molecule has 0 aromatic carbocycles. The van der Waals surface area contributed by atoms with Crippen LogP contribution < -0.4 is 0 Å². The fourth-order valence-electron chi connectivity index (χ4n) is 1.28. The topological polar surface area (TPSA) is 80.7 Å². The second-order valence-corrected chi connectivity index (χ2v) is 2.79. The number of carboxylic acids is 1. The van der Waals surface area contributed by atoms with Crippen molar-refractivity contribution in [3.05, 3.63) is 36.0 Å². The molecule has 0 aliphatic carbocycles. The van der Waals surface area contributed by atoms with Crippen molar-refractivity contribution in [1.82, 2.24) is 0 Å². The number of carbonyl (C=O) groups excluding carboxylic acids is 1. The molecule has 0 fully saturated rings. The van der Waals surface area contributed by atoms with Gasteiger partial charge in [-0.2, -0.15) is 0 Å². The maximum atomic E-state index is 10.8. The van der Waals surface area contributed by atoms with Gasteiger partial charge in [0, 0.05) is 0 Å². The molecule has 0 spiro atoms. The van der Waals surface area contributed by atoms with E-state index in [0.29, 0.717) is 11.8 Å². The normalized spacial score (nSPS) is 10.1. The van der Waals surface area contributed by atoms with Crippen LogP contribution in [0.5, 0.6) is 0 Å². The molecule has 2 heterocycles. The Kier molecular flexibility index (Phi) is 2.13. The number of carboxylic acid groups (broad SMARTS) is 1. The van der Waals surface area contributed by atoms with Crippen LogP contribution in [0.2, 0.25) is 0 Å². The zero-order chi connectivity index (χ0) is 10.8. The summed E-state index contributed by atoms with van der Waals surface area (Å²) in [5, 5.41) is 8.79. The first-order chi connectivity index (χ1) is 7.24. The molecule has 0 saturated heterocycles. The first kappa shape index (κ1) is 9.26. The van der Waals surface area contributed by atoms with E-state index in [0.717, 1.165) is 0 Å². The van der Waals surface area contributed by atoms with Crippen LogP contribution in [0, 0.1) is 0 Å². The quantitative estimate of drug-likeness (QED) is 0.777. The summed E-state index contributed by atoms with van der Waals surface area (Å²) in [6.07, 6.45) is 3.14. The van der Waals surface area contributed by atoms with Crippen LogP contribution in [0.1, 0.15) is 20.9 Å². The van der Waals surface area contributed by atoms with E-state index in [1.165, 1.54) is 24.7 Å². The third-order valence-corrected chi connectivity index (χ3v) is 1.93. The van der Waals surface area contributed by atoms with Gasteiger partial charge in [-0.3, -0.25) is 4.79 Å². The minimum Gasteiger partial charge on any atom is -0.475 e. The number of hydrogen-bond donors (Lipinski definition) is 1. The van der Waals surface area contributed by atoms with Crippen LogP contribution in [0.4, 0.5) is 0 Å².